The van der Waals surface area contributed by atoms with Gasteiger partial charge in [-0.1, -0.05) is 32.4 Å². The van der Waals surface area contributed by atoms with E-state index in [2.05, 4.69) is 29.4 Å². The lowest BCUT2D eigenvalue weighted by Gasteiger charge is -2.49. The lowest BCUT2D eigenvalue weighted by Crippen LogP contribution is -2.57. The van der Waals surface area contributed by atoms with E-state index >= 15 is 0 Å². The number of benzene rings is 1. The van der Waals surface area contributed by atoms with Crippen LogP contribution in [0.2, 0.25) is 0 Å². The van der Waals surface area contributed by atoms with Gasteiger partial charge in [0.25, 0.3) is 0 Å². The second kappa shape index (κ2) is 8.45. The van der Waals surface area contributed by atoms with E-state index in [4.69, 9.17) is 12.2 Å². The number of fused-ring (bicyclic) bond motifs is 2. The van der Waals surface area contributed by atoms with E-state index in [1.54, 1.807) is 12.1 Å². The average molecular weight is 364 g/mol. The Morgan fingerprint density at radius 1 is 1.20 bits per heavy atom. The molecule has 1 aromatic rings. The van der Waals surface area contributed by atoms with Crippen molar-refractivity contribution in [2.24, 2.45) is 5.92 Å². The summed E-state index contributed by atoms with van der Waals surface area (Å²) in [4.78, 5) is 2.64. The quantitative estimate of drug-likeness (QED) is 0.778. The summed E-state index contributed by atoms with van der Waals surface area (Å²) in [5.41, 5.74) is 1.21. The predicted molar refractivity (Wildman–Crippen MR) is 105 cm³/mol. The van der Waals surface area contributed by atoms with Crippen LogP contribution in [0.25, 0.3) is 0 Å². The SMILES string of the molecule is CC(C)CNC(=S)NC1C[C@H]2CCC[C@H](C1)N2Cc1ccc(F)cc1. The van der Waals surface area contributed by atoms with Gasteiger partial charge in [0.2, 0.25) is 0 Å². The molecule has 0 unspecified atom stereocenters. The fraction of sp³-hybridized carbons (Fsp3) is 0.650. The molecule has 0 saturated carbocycles. The van der Waals surface area contributed by atoms with Crippen LogP contribution in [0.5, 0.6) is 0 Å². The fourth-order valence-corrected chi connectivity index (χ4v) is 4.44. The summed E-state index contributed by atoms with van der Waals surface area (Å²) in [5, 5.41) is 7.66. The van der Waals surface area contributed by atoms with Gasteiger partial charge in [-0.2, -0.15) is 0 Å². The number of rotatable bonds is 5. The van der Waals surface area contributed by atoms with E-state index < -0.39 is 0 Å². The first-order valence-electron chi connectivity index (χ1n) is 9.56. The molecule has 2 atom stereocenters. The van der Waals surface area contributed by atoms with Gasteiger partial charge in [-0.05, 0) is 61.5 Å². The molecule has 2 saturated heterocycles. The van der Waals surface area contributed by atoms with Crippen molar-refractivity contribution >= 4 is 17.3 Å². The molecule has 2 fully saturated rings. The number of hydrogen-bond acceptors (Lipinski definition) is 2. The molecule has 3 nitrogen and oxygen atoms in total. The number of hydrogen-bond donors (Lipinski definition) is 2. The van der Waals surface area contributed by atoms with E-state index in [-0.39, 0.29) is 5.82 Å². The van der Waals surface area contributed by atoms with Crippen molar-refractivity contribution in [3.8, 4) is 0 Å². The Hall–Kier alpha value is -1.20. The number of piperidine rings is 2. The zero-order chi connectivity index (χ0) is 17.8. The normalized spacial score (nSPS) is 26.5. The summed E-state index contributed by atoms with van der Waals surface area (Å²) in [6.45, 7) is 6.22. The van der Waals surface area contributed by atoms with Crippen LogP contribution in [0.3, 0.4) is 0 Å². The molecule has 0 amide bonds. The molecule has 138 valence electrons. The monoisotopic (exact) mass is 363 g/mol. The molecular weight excluding hydrogens is 333 g/mol. The van der Waals surface area contributed by atoms with Crippen molar-refractivity contribution in [2.45, 2.75) is 70.6 Å². The summed E-state index contributed by atoms with van der Waals surface area (Å²) < 4.78 is 13.1. The highest BCUT2D eigenvalue weighted by Crippen LogP contribution is 2.35. The maximum atomic E-state index is 13.1. The summed E-state index contributed by atoms with van der Waals surface area (Å²) in [6.07, 6.45) is 6.10. The average Bonchev–Trinajstić information content (AvgIpc) is 2.55. The molecule has 0 spiro atoms. The van der Waals surface area contributed by atoms with Crippen molar-refractivity contribution in [1.82, 2.24) is 15.5 Å². The molecule has 25 heavy (non-hydrogen) atoms. The van der Waals surface area contributed by atoms with E-state index in [0.29, 0.717) is 24.0 Å². The topological polar surface area (TPSA) is 27.3 Å². The predicted octanol–water partition coefficient (Wildman–Crippen LogP) is 3.83. The lowest BCUT2D eigenvalue weighted by molar-refractivity contribution is 0.0210. The number of nitrogens with zero attached hydrogens (tertiary/aromatic N) is 1. The molecule has 2 heterocycles. The van der Waals surface area contributed by atoms with E-state index in [0.717, 1.165) is 31.0 Å². The first-order chi connectivity index (χ1) is 12.0. The smallest absolute Gasteiger partial charge is 0.166 e. The van der Waals surface area contributed by atoms with Gasteiger partial charge in [0.05, 0.1) is 0 Å². The van der Waals surface area contributed by atoms with Crippen LogP contribution in [0, 0.1) is 11.7 Å². The van der Waals surface area contributed by atoms with Crippen molar-refractivity contribution < 1.29 is 4.39 Å². The Morgan fingerprint density at radius 3 is 2.44 bits per heavy atom. The molecule has 2 N–H and O–H groups in total. The molecule has 0 aliphatic carbocycles. The molecule has 0 aromatic heterocycles. The molecule has 2 aliphatic heterocycles. The van der Waals surface area contributed by atoms with Crippen molar-refractivity contribution in [3.05, 3.63) is 35.6 Å². The third-order valence-electron chi connectivity index (χ3n) is 5.41. The molecule has 2 aliphatic rings. The van der Waals surface area contributed by atoms with Crippen molar-refractivity contribution in [3.63, 3.8) is 0 Å². The zero-order valence-corrected chi connectivity index (χ0v) is 16.1. The van der Waals surface area contributed by atoms with Gasteiger partial charge < -0.3 is 10.6 Å². The van der Waals surface area contributed by atoms with Crippen LogP contribution in [0.4, 0.5) is 4.39 Å². The second-order valence-electron chi connectivity index (χ2n) is 7.95. The number of thiocarbonyl (C=S) groups is 1. The standard InChI is InChI=1S/C20H30FN3S/c1-14(2)12-22-20(25)23-17-10-18-4-3-5-19(11-17)24(18)13-15-6-8-16(21)9-7-15/h6-9,14,17-19H,3-5,10-13H2,1-2H3,(H2,22,23,25)/t18-,19-/m1/s1. The second-order valence-corrected chi connectivity index (χ2v) is 8.36. The highest BCUT2D eigenvalue weighted by Gasteiger charge is 2.38. The molecule has 5 heteroatoms. The van der Waals surface area contributed by atoms with E-state index in [1.165, 1.54) is 24.8 Å². The van der Waals surface area contributed by atoms with Crippen LogP contribution in [0.1, 0.15) is 51.5 Å². The van der Waals surface area contributed by atoms with Crippen LogP contribution in [0.15, 0.2) is 24.3 Å². The Balaban J connectivity index is 1.57. The Kier molecular flexibility index (Phi) is 6.29. The summed E-state index contributed by atoms with van der Waals surface area (Å²) in [5.74, 6) is 0.436. The van der Waals surface area contributed by atoms with Gasteiger partial charge in [-0.15, -0.1) is 0 Å². The largest absolute Gasteiger partial charge is 0.362 e. The molecule has 3 rings (SSSR count). The van der Waals surface area contributed by atoms with Crippen LogP contribution >= 0.6 is 12.2 Å². The van der Waals surface area contributed by atoms with Gasteiger partial charge in [0, 0.05) is 31.2 Å². The summed E-state index contributed by atoms with van der Waals surface area (Å²) >= 11 is 5.46. The maximum absolute atomic E-state index is 13.1. The van der Waals surface area contributed by atoms with E-state index in [1.807, 2.05) is 12.1 Å². The Labute approximate surface area is 156 Å². The van der Waals surface area contributed by atoms with Crippen LogP contribution in [-0.2, 0) is 6.54 Å². The van der Waals surface area contributed by atoms with Gasteiger partial charge in [0.15, 0.2) is 5.11 Å². The van der Waals surface area contributed by atoms with Crippen molar-refractivity contribution in [2.75, 3.05) is 6.54 Å². The molecule has 0 radical (unpaired) electrons. The third kappa shape index (κ3) is 5.14. The first-order valence-corrected chi connectivity index (χ1v) is 9.96. The maximum Gasteiger partial charge on any atom is 0.166 e. The Bertz CT molecular complexity index is 561. The molecule has 1 aromatic carbocycles. The Morgan fingerprint density at radius 2 is 1.84 bits per heavy atom. The molecule has 2 bridgehead atoms. The highest BCUT2D eigenvalue weighted by molar-refractivity contribution is 7.80. The third-order valence-corrected chi connectivity index (χ3v) is 5.67. The number of nitrogens with one attached hydrogen (secondary N) is 2. The van der Waals surface area contributed by atoms with E-state index in [9.17, 15) is 4.39 Å². The number of halogens is 1. The van der Waals surface area contributed by atoms with Gasteiger partial charge in [-0.25, -0.2) is 4.39 Å². The minimum absolute atomic E-state index is 0.158. The minimum atomic E-state index is -0.158. The highest BCUT2D eigenvalue weighted by atomic mass is 32.1. The summed E-state index contributed by atoms with van der Waals surface area (Å²) in [6, 6.07) is 8.63. The van der Waals surface area contributed by atoms with Gasteiger partial charge >= 0.3 is 0 Å². The van der Waals surface area contributed by atoms with Gasteiger partial charge in [-0.3, -0.25) is 4.90 Å². The molecular formula is C20H30FN3S. The van der Waals surface area contributed by atoms with Crippen molar-refractivity contribution in [1.29, 1.82) is 0 Å². The minimum Gasteiger partial charge on any atom is -0.362 e. The summed E-state index contributed by atoms with van der Waals surface area (Å²) in [7, 11) is 0. The van der Waals surface area contributed by atoms with Gasteiger partial charge in [0.1, 0.15) is 5.82 Å². The fourth-order valence-electron chi connectivity index (χ4n) is 4.19. The van der Waals surface area contributed by atoms with Crippen LogP contribution in [-0.4, -0.2) is 34.7 Å². The lowest BCUT2D eigenvalue weighted by atomic mass is 9.81. The van der Waals surface area contributed by atoms with Crippen LogP contribution < -0.4 is 10.6 Å². The zero-order valence-electron chi connectivity index (χ0n) is 15.3. The first kappa shape index (κ1) is 18.6.